The minimum absolute atomic E-state index is 0.800. The Hall–Kier alpha value is -1.22. The van der Waals surface area contributed by atoms with Crippen molar-refractivity contribution in [1.82, 2.24) is 5.32 Å². The Morgan fingerprint density at radius 3 is 2.42 bits per heavy atom. The maximum absolute atomic E-state index is 5.54. The van der Waals surface area contributed by atoms with Gasteiger partial charge < -0.3 is 16.4 Å². The lowest BCUT2D eigenvalue weighted by atomic mass is 10.3. The first-order valence-electron chi connectivity index (χ1n) is 4.07. The highest BCUT2D eigenvalue weighted by Gasteiger charge is 1.89. The first kappa shape index (κ1) is 8.87. The highest BCUT2D eigenvalue weighted by Crippen LogP contribution is 2.09. The van der Waals surface area contributed by atoms with E-state index in [1.807, 2.05) is 31.3 Å². The first-order chi connectivity index (χ1) is 5.83. The second kappa shape index (κ2) is 4.62. The number of benzene rings is 1. The van der Waals surface area contributed by atoms with Crippen molar-refractivity contribution in [1.29, 1.82) is 0 Å². The van der Waals surface area contributed by atoms with Gasteiger partial charge in [-0.25, -0.2) is 0 Å². The van der Waals surface area contributed by atoms with E-state index >= 15 is 0 Å². The molecule has 0 amide bonds. The van der Waals surface area contributed by atoms with Crippen LogP contribution < -0.4 is 16.4 Å². The summed E-state index contributed by atoms with van der Waals surface area (Å²) in [7, 11) is 1.94. The predicted molar refractivity (Wildman–Crippen MR) is 53.3 cm³/mol. The van der Waals surface area contributed by atoms with Gasteiger partial charge in [-0.15, -0.1) is 0 Å². The molecule has 0 heterocycles. The lowest BCUT2D eigenvalue weighted by Crippen LogP contribution is -2.17. The number of nitrogens with two attached hydrogens (primary N) is 1. The lowest BCUT2D eigenvalue weighted by molar-refractivity contribution is 0.824. The molecule has 0 saturated carbocycles. The normalized spacial score (nSPS) is 9.75. The summed E-state index contributed by atoms with van der Waals surface area (Å²) in [6.07, 6.45) is 0. The largest absolute Gasteiger partial charge is 0.399 e. The van der Waals surface area contributed by atoms with Crippen molar-refractivity contribution in [3.05, 3.63) is 24.3 Å². The van der Waals surface area contributed by atoms with Gasteiger partial charge in [0.1, 0.15) is 0 Å². The molecule has 0 saturated heterocycles. The molecular formula is C9H15N3. The van der Waals surface area contributed by atoms with Gasteiger partial charge in [0.2, 0.25) is 0 Å². The Labute approximate surface area is 73.0 Å². The third-order valence-corrected chi connectivity index (χ3v) is 1.61. The average molecular weight is 165 g/mol. The summed E-state index contributed by atoms with van der Waals surface area (Å²) < 4.78 is 0. The van der Waals surface area contributed by atoms with E-state index < -0.39 is 0 Å². The molecule has 3 heteroatoms. The molecule has 3 nitrogen and oxygen atoms in total. The Morgan fingerprint density at radius 1 is 1.17 bits per heavy atom. The van der Waals surface area contributed by atoms with Gasteiger partial charge in [-0.05, 0) is 31.3 Å². The first-order valence-corrected chi connectivity index (χ1v) is 4.07. The number of anilines is 2. The number of likely N-dealkylation sites (N-methyl/N-ethyl adjacent to an activating group) is 1. The van der Waals surface area contributed by atoms with Crippen LogP contribution in [-0.4, -0.2) is 20.1 Å². The number of hydrogen-bond donors (Lipinski definition) is 3. The van der Waals surface area contributed by atoms with Crippen molar-refractivity contribution in [3.8, 4) is 0 Å². The number of hydrogen-bond acceptors (Lipinski definition) is 3. The van der Waals surface area contributed by atoms with Crippen molar-refractivity contribution in [2.75, 3.05) is 31.2 Å². The van der Waals surface area contributed by atoms with Gasteiger partial charge >= 0.3 is 0 Å². The van der Waals surface area contributed by atoms with Crippen LogP contribution in [0.5, 0.6) is 0 Å². The Bertz CT molecular complexity index is 218. The number of nitrogen functional groups attached to an aromatic ring is 1. The fourth-order valence-electron chi connectivity index (χ4n) is 0.933. The molecule has 0 aromatic heterocycles. The Kier molecular flexibility index (Phi) is 3.41. The van der Waals surface area contributed by atoms with Crippen molar-refractivity contribution in [2.24, 2.45) is 0 Å². The molecule has 1 rings (SSSR count). The lowest BCUT2D eigenvalue weighted by Gasteiger charge is -2.05. The van der Waals surface area contributed by atoms with Crippen LogP contribution in [0.15, 0.2) is 24.3 Å². The second-order valence-electron chi connectivity index (χ2n) is 2.65. The number of rotatable bonds is 4. The van der Waals surface area contributed by atoms with Crippen LogP contribution in [0.25, 0.3) is 0 Å². The molecule has 4 N–H and O–H groups in total. The highest BCUT2D eigenvalue weighted by molar-refractivity contribution is 5.51. The van der Waals surface area contributed by atoms with Crippen molar-refractivity contribution in [2.45, 2.75) is 0 Å². The standard InChI is InChI=1S/C9H15N3/c1-11-6-7-12-9-4-2-8(10)3-5-9/h2-5,11-12H,6-7,10H2,1H3. The maximum Gasteiger partial charge on any atom is 0.0342 e. The fraction of sp³-hybridized carbons (Fsp3) is 0.333. The van der Waals surface area contributed by atoms with Gasteiger partial charge in [-0.1, -0.05) is 0 Å². The predicted octanol–water partition coefficient (Wildman–Crippen LogP) is 0.900. The molecule has 66 valence electrons. The summed E-state index contributed by atoms with van der Waals surface area (Å²) in [4.78, 5) is 0. The highest BCUT2D eigenvalue weighted by atomic mass is 14.9. The van der Waals surface area contributed by atoms with E-state index in [-0.39, 0.29) is 0 Å². The second-order valence-corrected chi connectivity index (χ2v) is 2.65. The van der Waals surface area contributed by atoms with Gasteiger partial charge in [0.05, 0.1) is 0 Å². The zero-order chi connectivity index (χ0) is 8.81. The quantitative estimate of drug-likeness (QED) is 0.459. The van der Waals surface area contributed by atoms with Gasteiger partial charge in [0.15, 0.2) is 0 Å². The fourth-order valence-corrected chi connectivity index (χ4v) is 0.933. The smallest absolute Gasteiger partial charge is 0.0342 e. The monoisotopic (exact) mass is 165 g/mol. The average Bonchev–Trinajstić information content (AvgIpc) is 2.09. The van der Waals surface area contributed by atoms with Crippen LogP contribution >= 0.6 is 0 Å². The van der Waals surface area contributed by atoms with Crippen LogP contribution in [0.3, 0.4) is 0 Å². The molecule has 0 atom stereocenters. The summed E-state index contributed by atoms with van der Waals surface area (Å²) >= 11 is 0. The van der Waals surface area contributed by atoms with Crippen molar-refractivity contribution in [3.63, 3.8) is 0 Å². The van der Waals surface area contributed by atoms with Crippen molar-refractivity contribution >= 4 is 11.4 Å². The molecule has 0 aliphatic heterocycles. The molecule has 0 radical (unpaired) electrons. The third-order valence-electron chi connectivity index (χ3n) is 1.61. The van der Waals surface area contributed by atoms with E-state index in [0.29, 0.717) is 0 Å². The molecular weight excluding hydrogens is 150 g/mol. The van der Waals surface area contributed by atoms with Crippen LogP contribution in [-0.2, 0) is 0 Å². The molecule has 0 bridgehead atoms. The molecule has 0 fully saturated rings. The van der Waals surface area contributed by atoms with Crippen molar-refractivity contribution < 1.29 is 0 Å². The minimum Gasteiger partial charge on any atom is -0.399 e. The molecule has 1 aromatic carbocycles. The Balaban J connectivity index is 2.37. The maximum atomic E-state index is 5.54. The van der Waals surface area contributed by atoms with E-state index in [1.165, 1.54) is 0 Å². The van der Waals surface area contributed by atoms with Gasteiger partial charge in [-0.3, -0.25) is 0 Å². The summed E-state index contributed by atoms with van der Waals surface area (Å²) in [6.45, 7) is 1.89. The summed E-state index contributed by atoms with van der Waals surface area (Å²) in [5.41, 5.74) is 7.45. The molecule has 0 unspecified atom stereocenters. The molecule has 0 spiro atoms. The summed E-state index contributed by atoms with van der Waals surface area (Å²) in [6, 6.07) is 7.74. The third kappa shape index (κ3) is 2.80. The minimum atomic E-state index is 0.800. The van der Waals surface area contributed by atoms with Gasteiger partial charge in [0.25, 0.3) is 0 Å². The zero-order valence-electron chi connectivity index (χ0n) is 7.30. The van der Waals surface area contributed by atoms with Gasteiger partial charge in [-0.2, -0.15) is 0 Å². The molecule has 0 aliphatic rings. The van der Waals surface area contributed by atoms with Gasteiger partial charge in [0, 0.05) is 24.5 Å². The van der Waals surface area contributed by atoms with E-state index in [9.17, 15) is 0 Å². The van der Waals surface area contributed by atoms with E-state index in [2.05, 4.69) is 10.6 Å². The van der Waals surface area contributed by atoms with Crippen LogP contribution in [0.1, 0.15) is 0 Å². The van der Waals surface area contributed by atoms with Crippen LogP contribution in [0.4, 0.5) is 11.4 Å². The summed E-state index contributed by atoms with van der Waals surface area (Å²) in [5.74, 6) is 0. The van der Waals surface area contributed by atoms with E-state index in [4.69, 9.17) is 5.73 Å². The van der Waals surface area contributed by atoms with E-state index in [0.717, 1.165) is 24.5 Å². The molecule has 12 heavy (non-hydrogen) atoms. The number of nitrogens with one attached hydrogen (secondary N) is 2. The Morgan fingerprint density at radius 2 is 1.83 bits per heavy atom. The SMILES string of the molecule is CNCCNc1ccc(N)cc1. The van der Waals surface area contributed by atoms with Crippen LogP contribution in [0, 0.1) is 0 Å². The zero-order valence-corrected chi connectivity index (χ0v) is 7.30. The van der Waals surface area contributed by atoms with E-state index in [1.54, 1.807) is 0 Å². The molecule has 0 aliphatic carbocycles. The topological polar surface area (TPSA) is 50.1 Å². The summed E-state index contributed by atoms with van der Waals surface area (Å²) in [5, 5.41) is 6.32. The molecule has 1 aromatic rings. The van der Waals surface area contributed by atoms with Crippen LogP contribution in [0.2, 0.25) is 0 Å².